The topological polar surface area (TPSA) is 41.1 Å². The van der Waals surface area contributed by atoms with Crippen LogP contribution in [-0.2, 0) is 5.41 Å². The third-order valence-electron chi connectivity index (χ3n) is 2.29. The van der Waals surface area contributed by atoms with Gasteiger partial charge in [-0.1, -0.05) is 20.8 Å². The van der Waals surface area contributed by atoms with Gasteiger partial charge in [-0.2, -0.15) is 4.98 Å². The van der Waals surface area contributed by atoms with Crippen molar-refractivity contribution in [3.05, 3.63) is 10.2 Å². The molecular formula is C12H21BrN4. The van der Waals surface area contributed by atoms with Gasteiger partial charge in [0.25, 0.3) is 0 Å². The average molecular weight is 301 g/mol. The smallest absolute Gasteiger partial charge is 0.227 e. The van der Waals surface area contributed by atoms with Crippen LogP contribution in [0, 0.1) is 0 Å². The maximum absolute atomic E-state index is 4.61. The van der Waals surface area contributed by atoms with Crippen LogP contribution in [0.4, 0.5) is 11.8 Å². The van der Waals surface area contributed by atoms with E-state index in [1.807, 2.05) is 19.0 Å². The van der Waals surface area contributed by atoms with E-state index in [1.54, 1.807) is 0 Å². The van der Waals surface area contributed by atoms with Crippen LogP contribution in [-0.4, -0.2) is 30.6 Å². The standard InChI is InChI=1S/C12H21BrN4/c1-7-14-10-8(13)9(12(2,3)4)15-11(16-10)17(5)6/h7H2,1-6H3,(H,14,15,16). The molecule has 0 fully saturated rings. The predicted molar refractivity (Wildman–Crippen MR) is 76.9 cm³/mol. The molecule has 0 amide bonds. The molecule has 0 aromatic carbocycles. The summed E-state index contributed by atoms with van der Waals surface area (Å²) >= 11 is 3.60. The number of anilines is 2. The molecule has 1 N–H and O–H groups in total. The lowest BCUT2D eigenvalue weighted by Crippen LogP contribution is -2.21. The molecule has 1 aromatic heterocycles. The molecule has 17 heavy (non-hydrogen) atoms. The van der Waals surface area contributed by atoms with Gasteiger partial charge >= 0.3 is 0 Å². The van der Waals surface area contributed by atoms with Crippen molar-refractivity contribution < 1.29 is 0 Å². The zero-order valence-corrected chi connectivity index (χ0v) is 13.0. The van der Waals surface area contributed by atoms with Crippen molar-refractivity contribution in [2.75, 3.05) is 30.9 Å². The summed E-state index contributed by atoms with van der Waals surface area (Å²) in [4.78, 5) is 11.0. The minimum atomic E-state index is -0.0172. The van der Waals surface area contributed by atoms with E-state index >= 15 is 0 Å². The molecule has 0 spiro atoms. The molecule has 1 aromatic rings. The molecule has 0 saturated carbocycles. The van der Waals surface area contributed by atoms with E-state index < -0.39 is 0 Å². The highest BCUT2D eigenvalue weighted by Gasteiger charge is 2.23. The zero-order valence-electron chi connectivity index (χ0n) is 11.4. The molecule has 0 unspecified atom stereocenters. The molecule has 4 nitrogen and oxygen atoms in total. The summed E-state index contributed by atoms with van der Waals surface area (Å²) in [5.41, 5.74) is 1.00. The number of hydrogen-bond donors (Lipinski definition) is 1. The first-order valence-corrected chi connectivity index (χ1v) is 6.56. The van der Waals surface area contributed by atoms with Gasteiger partial charge in [0.2, 0.25) is 5.95 Å². The van der Waals surface area contributed by atoms with E-state index in [-0.39, 0.29) is 5.41 Å². The maximum Gasteiger partial charge on any atom is 0.227 e. The molecule has 0 aliphatic carbocycles. The van der Waals surface area contributed by atoms with Crippen LogP contribution in [0.1, 0.15) is 33.4 Å². The van der Waals surface area contributed by atoms with E-state index in [0.717, 1.165) is 28.5 Å². The van der Waals surface area contributed by atoms with Crippen LogP contribution in [0.5, 0.6) is 0 Å². The zero-order chi connectivity index (χ0) is 13.2. The second-order valence-corrected chi connectivity index (χ2v) is 6.00. The summed E-state index contributed by atoms with van der Waals surface area (Å²) in [6, 6.07) is 0. The summed E-state index contributed by atoms with van der Waals surface area (Å²) < 4.78 is 0.956. The van der Waals surface area contributed by atoms with E-state index in [9.17, 15) is 0 Å². The molecule has 1 rings (SSSR count). The third kappa shape index (κ3) is 3.31. The highest BCUT2D eigenvalue weighted by atomic mass is 79.9. The fraction of sp³-hybridized carbons (Fsp3) is 0.667. The number of nitrogens with zero attached hydrogens (tertiary/aromatic N) is 3. The molecule has 1 heterocycles. The largest absolute Gasteiger partial charge is 0.369 e. The Morgan fingerprint density at radius 2 is 1.82 bits per heavy atom. The number of rotatable bonds is 3. The summed E-state index contributed by atoms with van der Waals surface area (Å²) in [5.74, 6) is 1.59. The Kier molecular flexibility index (Phi) is 4.36. The van der Waals surface area contributed by atoms with Crippen LogP contribution < -0.4 is 10.2 Å². The van der Waals surface area contributed by atoms with Crippen molar-refractivity contribution in [2.24, 2.45) is 0 Å². The van der Waals surface area contributed by atoms with Gasteiger partial charge in [0.05, 0.1) is 10.2 Å². The Bertz CT molecular complexity index is 396. The minimum absolute atomic E-state index is 0.0172. The van der Waals surface area contributed by atoms with E-state index in [2.05, 4.69) is 58.9 Å². The maximum atomic E-state index is 4.61. The van der Waals surface area contributed by atoms with Gasteiger partial charge in [-0.3, -0.25) is 0 Å². The SMILES string of the molecule is CCNc1nc(N(C)C)nc(C(C)(C)C)c1Br. The molecule has 0 aliphatic rings. The second kappa shape index (κ2) is 5.21. The molecule has 0 radical (unpaired) electrons. The van der Waals surface area contributed by atoms with Crippen molar-refractivity contribution in [1.29, 1.82) is 0 Å². The van der Waals surface area contributed by atoms with Gasteiger partial charge in [-0.15, -0.1) is 0 Å². The first kappa shape index (κ1) is 14.2. The Morgan fingerprint density at radius 1 is 1.24 bits per heavy atom. The van der Waals surface area contributed by atoms with Gasteiger partial charge in [0.15, 0.2) is 0 Å². The molecule has 0 saturated heterocycles. The van der Waals surface area contributed by atoms with Crippen molar-refractivity contribution in [3.63, 3.8) is 0 Å². The lowest BCUT2D eigenvalue weighted by atomic mass is 9.92. The highest BCUT2D eigenvalue weighted by molar-refractivity contribution is 9.10. The van der Waals surface area contributed by atoms with Crippen molar-refractivity contribution in [2.45, 2.75) is 33.1 Å². The third-order valence-corrected chi connectivity index (χ3v) is 3.05. The monoisotopic (exact) mass is 300 g/mol. The predicted octanol–water partition coefficient (Wildman–Crippen LogP) is 3.03. The molecule has 96 valence electrons. The summed E-state index contributed by atoms with van der Waals surface area (Å²) in [6.45, 7) is 9.34. The quantitative estimate of drug-likeness (QED) is 0.931. The normalized spacial score (nSPS) is 11.5. The van der Waals surface area contributed by atoms with Gasteiger partial charge in [0.1, 0.15) is 5.82 Å². The first-order valence-electron chi connectivity index (χ1n) is 5.76. The van der Waals surface area contributed by atoms with Crippen LogP contribution in [0.2, 0.25) is 0 Å². The van der Waals surface area contributed by atoms with Crippen LogP contribution in [0.15, 0.2) is 4.47 Å². The number of aromatic nitrogens is 2. The number of halogens is 1. The van der Waals surface area contributed by atoms with Gasteiger partial charge in [0, 0.05) is 26.1 Å². The molecule has 0 bridgehead atoms. The fourth-order valence-corrected chi connectivity index (χ4v) is 2.33. The lowest BCUT2D eigenvalue weighted by molar-refractivity contribution is 0.563. The average Bonchev–Trinajstić information content (AvgIpc) is 2.19. The fourth-order valence-electron chi connectivity index (χ4n) is 1.42. The van der Waals surface area contributed by atoms with Crippen LogP contribution >= 0.6 is 15.9 Å². The Morgan fingerprint density at radius 3 is 2.24 bits per heavy atom. The van der Waals surface area contributed by atoms with E-state index in [1.165, 1.54) is 0 Å². The van der Waals surface area contributed by atoms with Crippen LogP contribution in [0.25, 0.3) is 0 Å². The Hall–Kier alpha value is -0.840. The first-order chi connectivity index (χ1) is 7.77. The summed E-state index contributed by atoms with van der Waals surface area (Å²) in [7, 11) is 3.90. The number of nitrogens with one attached hydrogen (secondary N) is 1. The molecular weight excluding hydrogens is 280 g/mol. The lowest BCUT2D eigenvalue weighted by Gasteiger charge is -2.23. The molecule has 0 atom stereocenters. The van der Waals surface area contributed by atoms with Crippen molar-refractivity contribution in [1.82, 2.24) is 9.97 Å². The second-order valence-electron chi connectivity index (χ2n) is 5.21. The van der Waals surface area contributed by atoms with Crippen molar-refractivity contribution >= 4 is 27.7 Å². The molecule has 5 heteroatoms. The Balaban J connectivity index is 3.38. The summed E-state index contributed by atoms with van der Waals surface area (Å²) in [5, 5.41) is 3.26. The van der Waals surface area contributed by atoms with Crippen LogP contribution in [0.3, 0.4) is 0 Å². The van der Waals surface area contributed by atoms with E-state index in [4.69, 9.17) is 0 Å². The minimum Gasteiger partial charge on any atom is -0.369 e. The van der Waals surface area contributed by atoms with Gasteiger partial charge in [-0.25, -0.2) is 4.98 Å². The highest BCUT2D eigenvalue weighted by Crippen LogP contribution is 2.33. The Labute approximate surface area is 112 Å². The van der Waals surface area contributed by atoms with E-state index in [0.29, 0.717) is 0 Å². The van der Waals surface area contributed by atoms with Crippen molar-refractivity contribution in [3.8, 4) is 0 Å². The summed E-state index contributed by atoms with van der Waals surface area (Å²) in [6.07, 6.45) is 0. The van der Waals surface area contributed by atoms with Gasteiger partial charge in [-0.05, 0) is 22.9 Å². The van der Waals surface area contributed by atoms with Gasteiger partial charge < -0.3 is 10.2 Å². The molecule has 0 aliphatic heterocycles. The number of hydrogen-bond acceptors (Lipinski definition) is 4.